The third-order valence-electron chi connectivity index (χ3n) is 2.78. The number of rotatable bonds is 3. The summed E-state index contributed by atoms with van der Waals surface area (Å²) in [6.45, 7) is 1.96. The van der Waals surface area contributed by atoms with Gasteiger partial charge in [-0.15, -0.1) is 16.4 Å². The van der Waals surface area contributed by atoms with Crippen LogP contribution in [0.25, 0.3) is 11.3 Å². The fraction of sp³-hybridized carbons (Fsp3) is 0.0769. The molecule has 0 spiro atoms. The molecule has 1 aromatic carbocycles. The molecule has 0 aliphatic carbocycles. The molecular formula is C13H12N6OS. The van der Waals surface area contributed by atoms with E-state index in [4.69, 9.17) is 5.73 Å². The lowest BCUT2D eigenvalue weighted by Gasteiger charge is -2.03. The highest BCUT2D eigenvalue weighted by Crippen LogP contribution is 2.23. The molecule has 0 aliphatic rings. The minimum Gasteiger partial charge on any atom is -0.366 e. The third kappa shape index (κ3) is 2.90. The number of hydrogen-bond donors (Lipinski definition) is 3. The van der Waals surface area contributed by atoms with Crippen LogP contribution in [0.3, 0.4) is 0 Å². The summed E-state index contributed by atoms with van der Waals surface area (Å²) < 4.78 is 0. The molecule has 2 aromatic heterocycles. The predicted molar refractivity (Wildman–Crippen MR) is 81.0 cm³/mol. The summed E-state index contributed by atoms with van der Waals surface area (Å²) in [5.74, 6) is -0.280. The van der Waals surface area contributed by atoms with E-state index in [1.54, 1.807) is 11.3 Å². The van der Waals surface area contributed by atoms with Crippen LogP contribution in [0.15, 0.2) is 29.6 Å². The normalized spacial score (nSPS) is 10.5. The zero-order valence-electron chi connectivity index (χ0n) is 11.1. The van der Waals surface area contributed by atoms with Crippen LogP contribution in [0, 0.1) is 6.92 Å². The second-order valence-corrected chi connectivity index (χ2v) is 5.39. The number of nitrogens with two attached hydrogens (primary N) is 1. The van der Waals surface area contributed by atoms with E-state index in [0.29, 0.717) is 5.69 Å². The van der Waals surface area contributed by atoms with E-state index in [0.717, 1.165) is 16.3 Å². The lowest BCUT2D eigenvalue weighted by molar-refractivity contribution is 0.101. The second-order valence-electron chi connectivity index (χ2n) is 4.33. The molecule has 106 valence electrons. The highest BCUT2D eigenvalue weighted by atomic mass is 32.1. The highest BCUT2D eigenvalue weighted by molar-refractivity contribution is 7.09. The molecule has 1 amide bonds. The molecule has 0 aliphatic heterocycles. The number of carbonyl (C=O) groups excluding carboxylic acids is 1. The van der Waals surface area contributed by atoms with Gasteiger partial charge in [-0.25, -0.2) is 4.98 Å². The van der Waals surface area contributed by atoms with Gasteiger partial charge in [0.15, 0.2) is 0 Å². The van der Waals surface area contributed by atoms with Gasteiger partial charge >= 0.3 is 0 Å². The molecule has 3 rings (SSSR count). The van der Waals surface area contributed by atoms with Gasteiger partial charge in [0, 0.05) is 16.6 Å². The maximum atomic E-state index is 11.9. The average molecular weight is 300 g/mol. The van der Waals surface area contributed by atoms with Crippen molar-refractivity contribution in [3.05, 3.63) is 40.5 Å². The first-order chi connectivity index (χ1) is 10.1. The summed E-state index contributed by atoms with van der Waals surface area (Å²) in [6.07, 6.45) is 0. The molecule has 0 fully saturated rings. The maximum absolute atomic E-state index is 11.9. The van der Waals surface area contributed by atoms with Gasteiger partial charge in [0.25, 0.3) is 5.91 Å². The number of thiazole rings is 1. The van der Waals surface area contributed by atoms with Crippen molar-refractivity contribution in [2.24, 2.45) is 0 Å². The Morgan fingerprint density at radius 2 is 2.05 bits per heavy atom. The average Bonchev–Trinajstić information content (AvgIpc) is 3.08. The number of H-pyrrole nitrogens is 1. The standard InChI is InChI=1S/C13H12N6OS/c1-7-15-10(6-21-7)8-2-4-9(5-3-8)16-12(20)11-17-13(14)19-18-11/h2-6H,1H3,(H,16,20)(H3,14,17,18,19). The molecule has 0 saturated carbocycles. The summed E-state index contributed by atoms with van der Waals surface area (Å²) >= 11 is 1.60. The fourth-order valence-corrected chi connectivity index (χ4v) is 2.41. The van der Waals surface area contributed by atoms with Crippen LogP contribution in [0.2, 0.25) is 0 Å². The quantitative estimate of drug-likeness (QED) is 0.686. The highest BCUT2D eigenvalue weighted by Gasteiger charge is 2.11. The van der Waals surface area contributed by atoms with Gasteiger partial charge in [-0.1, -0.05) is 12.1 Å². The van der Waals surface area contributed by atoms with E-state index in [9.17, 15) is 4.79 Å². The van der Waals surface area contributed by atoms with Gasteiger partial charge in [-0.2, -0.15) is 4.98 Å². The zero-order chi connectivity index (χ0) is 14.8. The Morgan fingerprint density at radius 1 is 1.29 bits per heavy atom. The lowest BCUT2D eigenvalue weighted by Crippen LogP contribution is -2.13. The number of aromatic amines is 1. The van der Waals surface area contributed by atoms with Crippen molar-refractivity contribution in [3.63, 3.8) is 0 Å². The zero-order valence-corrected chi connectivity index (χ0v) is 11.9. The predicted octanol–water partition coefficient (Wildman–Crippen LogP) is 2.07. The van der Waals surface area contributed by atoms with Crippen LogP contribution in [-0.4, -0.2) is 26.1 Å². The van der Waals surface area contributed by atoms with E-state index in [1.165, 1.54) is 0 Å². The van der Waals surface area contributed by atoms with Crippen LogP contribution in [0.4, 0.5) is 11.6 Å². The molecule has 0 saturated heterocycles. The van der Waals surface area contributed by atoms with Crippen molar-refractivity contribution in [2.75, 3.05) is 11.1 Å². The summed E-state index contributed by atoms with van der Waals surface area (Å²) in [5.41, 5.74) is 7.94. The van der Waals surface area contributed by atoms with Crippen molar-refractivity contribution < 1.29 is 4.79 Å². The Balaban J connectivity index is 1.74. The molecule has 4 N–H and O–H groups in total. The summed E-state index contributed by atoms with van der Waals surface area (Å²) in [6, 6.07) is 7.42. The van der Waals surface area contributed by atoms with Crippen LogP contribution < -0.4 is 11.1 Å². The van der Waals surface area contributed by atoms with Crippen molar-refractivity contribution in [2.45, 2.75) is 6.92 Å². The molecule has 0 bridgehead atoms. The number of anilines is 2. The van der Waals surface area contributed by atoms with Crippen molar-refractivity contribution in [3.8, 4) is 11.3 Å². The van der Waals surface area contributed by atoms with Gasteiger partial charge in [0.1, 0.15) is 0 Å². The number of hydrogen-bond acceptors (Lipinski definition) is 6. The van der Waals surface area contributed by atoms with Gasteiger partial charge < -0.3 is 11.1 Å². The van der Waals surface area contributed by atoms with E-state index >= 15 is 0 Å². The number of nitrogens with zero attached hydrogens (tertiary/aromatic N) is 3. The Hall–Kier alpha value is -2.74. The first kappa shape index (κ1) is 13.3. The molecule has 3 aromatic rings. The summed E-state index contributed by atoms with van der Waals surface area (Å²) in [7, 11) is 0. The second kappa shape index (κ2) is 5.33. The van der Waals surface area contributed by atoms with Crippen LogP contribution in [0.1, 0.15) is 15.6 Å². The molecule has 2 heterocycles. The Labute approximate surface area is 124 Å². The number of aryl methyl sites for hydroxylation is 1. The maximum Gasteiger partial charge on any atom is 0.293 e. The van der Waals surface area contributed by atoms with E-state index in [1.807, 2.05) is 36.6 Å². The number of carbonyl (C=O) groups is 1. The Bertz CT molecular complexity index is 776. The minimum atomic E-state index is -0.392. The first-order valence-corrected chi connectivity index (χ1v) is 7.01. The first-order valence-electron chi connectivity index (χ1n) is 6.13. The van der Waals surface area contributed by atoms with E-state index in [2.05, 4.69) is 25.5 Å². The topological polar surface area (TPSA) is 110 Å². The summed E-state index contributed by atoms with van der Waals surface area (Å²) in [4.78, 5) is 20.1. The fourth-order valence-electron chi connectivity index (χ4n) is 1.79. The van der Waals surface area contributed by atoms with Crippen molar-refractivity contribution in [1.29, 1.82) is 0 Å². The molecule has 0 atom stereocenters. The number of benzene rings is 1. The minimum absolute atomic E-state index is 0.0365. The van der Waals surface area contributed by atoms with Crippen LogP contribution >= 0.6 is 11.3 Å². The largest absolute Gasteiger partial charge is 0.366 e. The van der Waals surface area contributed by atoms with Crippen molar-refractivity contribution >= 4 is 28.9 Å². The lowest BCUT2D eigenvalue weighted by atomic mass is 10.1. The number of nitrogens with one attached hydrogen (secondary N) is 2. The van der Waals surface area contributed by atoms with Gasteiger partial charge in [0.05, 0.1) is 10.7 Å². The van der Waals surface area contributed by atoms with Gasteiger partial charge in [-0.3, -0.25) is 9.89 Å². The van der Waals surface area contributed by atoms with E-state index in [-0.39, 0.29) is 11.8 Å². The molecule has 8 heteroatoms. The Morgan fingerprint density at radius 3 is 2.62 bits per heavy atom. The molecule has 0 unspecified atom stereocenters. The summed E-state index contributed by atoms with van der Waals surface area (Å²) in [5, 5.41) is 11.8. The van der Waals surface area contributed by atoms with Crippen LogP contribution in [-0.2, 0) is 0 Å². The number of aromatic nitrogens is 4. The number of amides is 1. The molecule has 0 radical (unpaired) electrons. The monoisotopic (exact) mass is 300 g/mol. The van der Waals surface area contributed by atoms with Crippen molar-refractivity contribution in [1.82, 2.24) is 20.2 Å². The van der Waals surface area contributed by atoms with Gasteiger partial charge in [-0.05, 0) is 19.1 Å². The molecule has 7 nitrogen and oxygen atoms in total. The van der Waals surface area contributed by atoms with E-state index < -0.39 is 5.91 Å². The molecule has 21 heavy (non-hydrogen) atoms. The number of nitrogen functional groups attached to an aromatic ring is 1. The molecular weight excluding hydrogens is 288 g/mol. The third-order valence-corrected chi connectivity index (χ3v) is 3.55. The Kier molecular flexibility index (Phi) is 3.36. The SMILES string of the molecule is Cc1nc(-c2ccc(NC(=O)c3nc(N)n[nH]3)cc2)cs1. The van der Waals surface area contributed by atoms with Crippen LogP contribution in [0.5, 0.6) is 0 Å². The smallest absolute Gasteiger partial charge is 0.293 e. The van der Waals surface area contributed by atoms with Gasteiger partial charge in [0.2, 0.25) is 11.8 Å².